The fraction of sp³-hybridized carbons (Fsp3) is 0.273. The maximum absolute atomic E-state index is 12.7. The third kappa shape index (κ3) is 3.56. The van der Waals surface area contributed by atoms with Crippen molar-refractivity contribution in [1.29, 1.82) is 0 Å². The standard InChI is InChI=1S/C11H11BrF3N/c1-2-3-6-16-10-5-4-8(12)7-9(10)11(13,14)15/h2-5,7,16H,6H2,1H3/b3-2+. The molecule has 0 fully saturated rings. The lowest BCUT2D eigenvalue weighted by molar-refractivity contribution is -0.137. The topological polar surface area (TPSA) is 12.0 Å². The van der Waals surface area contributed by atoms with E-state index in [1.165, 1.54) is 6.07 Å². The van der Waals surface area contributed by atoms with Crippen LogP contribution in [0.5, 0.6) is 0 Å². The van der Waals surface area contributed by atoms with Gasteiger partial charge in [0.25, 0.3) is 0 Å². The Hall–Kier alpha value is -0.970. The van der Waals surface area contributed by atoms with Gasteiger partial charge in [0.05, 0.1) is 5.56 Å². The molecule has 5 heteroatoms. The Labute approximate surface area is 100 Å². The number of anilines is 1. The van der Waals surface area contributed by atoms with Crippen LogP contribution < -0.4 is 5.32 Å². The van der Waals surface area contributed by atoms with Gasteiger partial charge in [-0.25, -0.2) is 0 Å². The molecular weight excluding hydrogens is 283 g/mol. The van der Waals surface area contributed by atoms with Crippen LogP contribution in [0.4, 0.5) is 18.9 Å². The van der Waals surface area contributed by atoms with E-state index in [0.717, 1.165) is 6.07 Å². The molecule has 0 radical (unpaired) electrons. The van der Waals surface area contributed by atoms with Gasteiger partial charge in [-0.1, -0.05) is 28.1 Å². The van der Waals surface area contributed by atoms with E-state index in [-0.39, 0.29) is 5.69 Å². The molecule has 1 aromatic rings. The Bertz CT molecular complexity index is 385. The summed E-state index contributed by atoms with van der Waals surface area (Å²) in [6, 6.07) is 4.06. The predicted octanol–water partition coefficient (Wildman–Crippen LogP) is 4.46. The number of alkyl halides is 3. The van der Waals surface area contributed by atoms with E-state index < -0.39 is 11.7 Å². The Morgan fingerprint density at radius 3 is 2.62 bits per heavy atom. The number of benzene rings is 1. The molecule has 0 aliphatic carbocycles. The normalized spacial score (nSPS) is 12.1. The number of rotatable bonds is 3. The van der Waals surface area contributed by atoms with Crippen LogP contribution in [0.2, 0.25) is 0 Å². The summed E-state index contributed by atoms with van der Waals surface area (Å²) in [5, 5.41) is 2.72. The van der Waals surface area contributed by atoms with Crippen LogP contribution in [0, 0.1) is 0 Å². The zero-order valence-corrected chi connectivity index (χ0v) is 10.2. The molecule has 16 heavy (non-hydrogen) atoms. The van der Waals surface area contributed by atoms with Crippen LogP contribution in [0.25, 0.3) is 0 Å². The summed E-state index contributed by atoms with van der Waals surface area (Å²) in [5.41, 5.74) is -0.569. The van der Waals surface area contributed by atoms with Crippen molar-refractivity contribution in [2.75, 3.05) is 11.9 Å². The van der Waals surface area contributed by atoms with Gasteiger partial charge in [-0.2, -0.15) is 13.2 Å². The average Bonchev–Trinajstić information content (AvgIpc) is 2.19. The van der Waals surface area contributed by atoms with Crippen molar-refractivity contribution < 1.29 is 13.2 Å². The second kappa shape index (κ2) is 5.39. The van der Waals surface area contributed by atoms with Gasteiger partial charge >= 0.3 is 6.18 Å². The lowest BCUT2D eigenvalue weighted by Gasteiger charge is -2.13. The van der Waals surface area contributed by atoms with Crippen LogP contribution in [0.1, 0.15) is 12.5 Å². The third-order valence-corrected chi connectivity index (χ3v) is 2.43. The molecule has 1 N–H and O–H groups in total. The zero-order valence-electron chi connectivity index (χ0n) is 8.61. The second-order valence-corrected chi connectivity index (χ2v) is 4.05. The summed E-state index contributed by atoms with van der Waals surface area (Å²) < 4.78 is 38.4. The van der Waals surface area contributed by atoms with Gasteiger partial charge in [-0.3, -0.25) is 0 Å². The predicted molar refractivity (Wildman–Crippen MR) is 62.4 cm³/mol. The summed E-state index contributed by atoms with van der Waals surface area (Å²) in [7, 11) is 0. The smallest absolute Gasteiger partial charge is 0.381 e. The van der Waals surface area contributed by atoms with E-state index in [2.05, 4.69) is 21.2 Å². The Balaban J connectivity index is 2.99. The van der Waals surface area contributed by atoms with Gasteiger partial charge in [-0.05, 0) is 25.1 Å². The molecule has 0 aromatic heterocycles. The van der Waals surface area contributed by atoms with Crippen LogP contribution in [0.3, 0.4) is 0 Å². The van der Waals surface area contributed by atoms with Crippen molar-refractivity contribution in [3.63, 3.8) is 0 Å². The van der Waals surface area contributed by atoms with Crippen molar-refractivity contribution in [2.45, 2.75) is 13.1 Å². The number of halogens is 4. The summed E-state index contributed by atoms with van der Waals surface area (Å²) in [5.74, 6) is 0. The number of allylic oxidation sites excluding steroid dienone is 1. The molecule has 0 heterocycles. The Kier molecular flexibility index (Phi) is 4.41. The van der Waals surface area contributed by atoms with Gasteiger partial charge < -0.3 is 5.32 Å². The molecule has 0 aliphatic heterocycles. The van der Waals surface area contributed by atoms with E-state index in [1.807, 2.05) is 6.92 Å². The monoisotopic (exact) mass is 293 g/mol. The first-order valence-electron chi connectivity index (χ1n) is 4.67. The highest BCUT2D eigenvalue weighted by Gasteiger charge is 2.33. The fourth-order valence-electron chi connectivity index (χ4n) is 1.19. The van der Waals surface area contributed by atoms with Gasteiger partial charge in [0, 0.05) is 16.7 Å². The highest BCUT2D eigenvalue weighted by atomic mass is 79.9. The third-order valence-electron chi connectivity index (χ3n) is 1.93. The van der Waals surface area contributed by atoms with Gasteiger partial charge in [-0.15, -0.1) is 0 Å². The van der Waals surface area contributed by atoms with E-state index in [9.17, 15) is 13.2 Å². The van der Waals surface area contributed by atoms with E-state index in [4.69, 9.17) is 0 Å². The van der Waals surface area contributed by atoms with Gasteiger partial charge in [0.1, 0.15) is 0 Å². The Morgan fingerprint density at radius 2 is 2.06 bits per heavy atom. The second-order valence-electron chi connectivity index (χ2n) is 3.14. The van der Waals surface area contributed by atoms with Crippen molar-refractivity contribution in [3.8, 4) is 0 Å². The van der Waals surface area contributed by atoms with Gasteiger partial charge in [0.2, 0.25) is 0 Å². The molecule has 1 nitrogen and oxygen atoms in total. The molecule has 0 saturated carbocycles. The maximum atomic E-state index is 12.7. The summed E-state index contributed by atoms with van der Waals surface area (Å²) in [6.07, 6.45) is -0.816. The lowest BCUT2D eigenvalue weighted by atomic mass is 10.1. The van der Waals surface area contributed by atoms with Gasteiger partial charge in [0.15, 0.2) is 0 Å². The molecule has 0 unspecified atom stereocenters. The highest BCUT2D eigenvalue weighted by molar-refractivity contribution is 9.10. The number of hydrogen-bond donors (Lipinski definition) is 1. The molecule has 88 valence electrons. The fourth-order valence-corrected chi connectivity index (χ4v) is 1.55. The van der Waals surface area contributed by atoms with Crippen molar-refractivity contribution in [3.05, 3.63) is 40.4 Å². The van der Waals surface area contributed by atoms with E-state index >= 15 is 0 Å². The molecule has 0 atom stereocenters. The zero-order chi connectivity index (χ0) is 12.2. The first-order valence-corrected chi connectivity index (χ1v) is 5.46. The minimum atomic E-state index is -4.35. The van der Waals surface area contributed by atoms with Crippen molar-refractivity contribution >= 4 is 21.6 Å². The van der Waals surface area contributed by atoms with Crippen molar-refractivity contribution in [2.24, 2.45) is 0 Å². The summed E-state index contributed by atoms with van der Waals surface area (Å²) >= 11 is 3.03. The summed E-state index contributed by atoms with van der Waals surface area (Å²) in [4.78, 5) is 0. The number of nitrogens with one attached hydrogen (secondary N) is 1. The quantitative estimate of drug-likeness (QED) is 0.812. The Morgan fingerprint density at radius 1 is 1.38 bits per heavy atom. The molecule has 1 rings (SSSR count). The summed E-state index contributed by atoms with van der Waals surface area (Å²) in [6.45, 7) is 2.19. The first-order chi connectivity index (χ1) is 7.45. The average molecular weight is 294 g/mol. The minimum absolute atomic E-state index is 0.0915. The highest BCUT2D eigenvalue weighted by Crippen LogP contribution is 2.36. The molecule has 0 aliphatic rings. The van der Waals surface area contributed by atoms with E-state index in [0.29, 0.717) is 11.0 Å². The minimum Gasteiger partial charge on any atom is -0.381 e. The largest absolute Gasteiger partial charge is 0.418 e. The SMILES string of the molecule is C/C=C/CNc1ccc(Br)cc1C(F)(F)F. The molecule has 0 bridgehead atoms. The van der Waals surface area contributed by atoms with Crippen LogP contribution in [-0.4, -0.2) is 6.54 Å². The number of hydrogen-bond acceptors (Lipinski definition) is 1. The molecule has 0 spiro atoms. The van der Waals surface area contributed by atoms with Crippen molar-refractivity contribution in [1.82, 2.24) is 0 Å². The molecular formula is C11H11BrF3N. The lowest BCUT2D eigenvalue weighted by Crippen LogP contribution is -2.10. The molecule has 0 saturated heterocycles. The van der Waals surface area contributed by atoms with Crippen LogP contribution in [0.15, 0.2) is 34.8 Å². The maximum Gasteiger partial charge on any atom is 0.418 e. The van der Waals surface area contributed by atoms with Crippen LogP contribution >= 0.6 is 15.9 Å². The van der Waals surface area contributed by atoms with Crippen LogP contribution in [-0.2, 0) is 6.18 Å². The van der Waals surface area contributed by atoms with E-state index in [1.54, 1.807) is 18.2 Å². The molecule has 1 aromatic carbocycles. The molecule has 0 amide bonds. The first kappa shape index (κ1) is 13.1.